The molecule has 0 unspecified atom stereocenters. The normalized spacial score (nSPS) is 26.1. The second-order valence-corrected chi connectivity index (χ2v) is 8.53. The monoisotopic (exact) mass is 291 g/mol. The largest absolute Gasteiger partial charge is 0.222 e. The zero-order valence-electron chi connectivity index (χ0n) is 12.5. The van der Waals surface area contributed by atoms with E-state index in [9.17, 15) is 13.7 Å². The van der Waals surface area contributed by atoms with Crippen LogP contribution in [0.1, 0.15) is 37.8 Å². The Kier molecular flexibility index (Phi) is 3.68. The Morgan fingerprint density at radius 1 is 1.25 bits per heavy atom. The summed E-state index contributed by atoms with van der Waals surface area (Å²) in [5.74, 6) is 0.752. The van der Waals surface area contributed by atoms with Crippen LogP contribution in [0.5, 0.6) is 0 Å². The van der Waals surface area contributed by atoms with E-state index in [0.29, 0.717) is 24.7 Å². The molecule has 0 spiro atoms. The van der Waals surface area contributed by atoms with Crippen molar-refractivity contribution >= 4 is 9.84 Å². The van der Waals surface area contributed by atoms with E-state index >= 15 is 0 Å². The molecule has 2 rings (SSSR count). The first-order valence-corrected chi connectivity index (χ1v) is 8.45. The van der Waals surface area contributed by atoms with Gasteiger partial charge in [0.2, 0.25) is 0 Å². The number of nitriles is 1. The number of benzene rings is 1. The van der Waals surface area contributed by atoms with E-state index in [4.69, 9.17) is 0 Å². The molecule has 1 aromatic carbocycles. The van der Waals surface area contributed by atoms with Crippen LogP contribution in [0.25, 0.3) is 0 Å². The van der Waals surface area contributed by atoms with Crippen LogP contribution >= 0.6 is 0 Å². The minimum Gasteiger partial charge on any atom is -0.222 e. The van der Waals surface area contributed by atoms with Crippen molar-refractivity contribution in [2.24, 2.45) is 11.8 Å². The highest BCUT2D eigenvalue weighted by Gasteiger charge is 2.55. The average Bonchev–Trinajstić information content (AvgIpc) is 2.31. The zero-order chi connectivity index (χ0) is 15.1. The molecule has 1 fully saturated rings. The Labute approximate surface area is 121 Å². The van der Waals surface area contributed by atoms with Gasteiger partial charge in [0.05, 0.1) is 11.0 Å². The molecule has 3 nitrogen and oxygen atoms in total. The van der Waals surface area contributed by atoms with Crippen molar-refractivity contribution in [3.05, 3.63) is 29.3 Å². The molecule has 1 saturated carbocycles. The van der Waals surface area contributed by atoms with Gasteiger partial charge in [-0.25, -0.2) is 8.42 Å². The maximum atomic E-state index is 12.8. The molecule has 0 atom stereocenters. The number of rotatable bonds is 3. The number of nitrogens with zero attached hydrogens (tertiary/aromatic N) is 1. The van der Waals surface area contributed by atoms with E-state index in [1.165, 1.54) is 0 Å². The van der Waals surface area contributed by atoms with Crippen LogP contribution in [0.15, 0.2) is 23.1 Å². The van der Waals surface area contributed by atoms with Crippen LogP contribution in [0.3, 0.4) is 0 Å². The average molecular weight is 291 g/mol. The number of aryl methyl sites for hydroxylation is 2. The zero-order valence-corrected chi connectivity index (χ0v) is 13.3. The number of hydrogen-bond donors (Lipinski definition) is 0. The van der Waals surface area contributed by atoms with Crippen LogP contribution in [0.2, 0.25) is 0 Å². The van der Waals surface area contributed by atoms with Crippen molar-refractivity contribution in [3.8, 4) is 6.07 Å². The van der Waals surface area contributed by atoms with E-state index in [0.717, 1.165) is 11.1 Å². The van der Waals surface area contributed by atoms with Crippen LogP contribution in [-0.2, 0) is 9.84 Å². The van der Waals surface area contributed by atoms with E-state index in [2.05, 4.69) is 19.9 Å². The van der Waals surface area contributed by atoms with Gasteiger partial charge in [0.25, 0.3) is 0 Å². The van der Waals surface area contributed by atoms with E-state index in [1.807, 2.05) is 19.9 Å². The van der Waals surface area contributed by atoms with Gasteiger partial charge in [0.1, 0.15) is 0 Å². The molecular formula is C16H21NO2S. The molecule has 0 amide bonds. The minimum absolute atomic E-state index is 0.282. The van der Waals surface area contributed by atoms with Crippen molar-refractivity contribution < 1.29 is 8.42 Å². The van der Waals surface area contributed by atoms with Crippen LogP contribution in [0.4, 0.5) is 0 Å². The second-order valence-electron chi connectivity index (χ2n) is 6.27. The van der Waals surface area contributed by atoms with Gasteiger partial charge >= 0.3 is 0 Å². The standard InChI is InChI=1S/C16H21NO2S/c1-11(2)14-8-16(9-14,10-17)20(18,19)15-6-5-12(3)13(4)7-15/h5-7,11,14H,8-9H2,1-4H3. The second kappa shape index (κ2) is 4.89. The Hall–Kier alpha value is -1.34. The van der Waals surface area contributed by atoms with Crippen LogP contribution in [0, 0.1) is 37.0 Å². The molecule has 0 aromatic heterocycles. The molecule has 0 N–H and O–H groups in total. The topological polar surface area (TPSA) is 57.9 Å². The van der Waals surface area contributed by atoms with Gasteiger partial charge < -0.3 is 0 Å². The molecule has 0 bridgehead atoms. The van der Waals surface area contributed by atoms with Crippen LogP contribution < -0.4 is 0 Å². The first-order valence-electron chi connectivity index (χ1n) is 6.96. The maximum absolute atomic E-state index is 12.8. The highest BCUT2D eigenvalue weighted by Crippen LogP contribution is 2.49. The SMILES string of the molecule is Cc1ccc(S(=O)(=O)C2(C#N)CC(C(C)C)C2)cc1C. The number of sulfone groups is 1. The molecule has 0 radical (unpaired) electrons. The fraction of sp³-hybridized carbons (Fsp3) is 0.562. The smallest absolute Gasteiger partial charge is 0.197 e. The molecule has 1 aromatic rings. The molecule has 4 heteroatoms. The molecule has 1 aliphatic carbocycles. The lowest BCUT2D eigenvalue weighted by Gasteiger charge is -2.43. The van der Waals surface area contributed by atoms with Crippen molar-refractivity contribution in [2.75, 3.05) is 0 Å². The summed E-state index contributed by atoms with van der Waals surface area (Å²) in [6.45, 7) is 8.00. The van der Waals surface area contributed by atoms with Gasteiger partial charge in [0, 0.05) is 0 Å². The lowest BCUT2D eigenvalue weighted by molar-refractivity contribution is 0.198. The van der Waals surface area contributed by atoms with Gasteiger partial charge in [0.15, 0.2) is 14.6 Å². The van der Waals surface area contributed by atoms with E-state index in [-0.39, 0.29) is 4.90 Å². The van der Waals surface area contributed by atoms with Gasteiger partial charge in [-0.1, -0.05) is 19.9 Å². The number of hydrogen-bond acceptors (Lipinski definition) is 3. The van der Waals surface area contributed by atoms with E-state index < -0.39 is 14.6 Å². The van der Waals surface area contributed by atoms with Gasteiger partial charge in [-0.15, -0.1) is 0 Å². The summed E-state index contributed by atoms with van der Waals surface area (Å²) >= 11 is 0. The first kappa shape index (κ1) is 15.1. The van der Waals surface area contributed by atoms with Crippen molar-refractivity contribution in [3.63, 3.8) is 0 Å². The Balaban J connectivity index is 2.40. The summed E-state index contributed by atoms with van der Waals surface area (Å²) in [4.78, 5) is 0.282. The van der Waals surface area contributed by atoms with Gasteiger partial charge in [-0.2, -0.15) is 5.26 Å². The Bertz CT molecular complexity index is 662. The molecule has 0 aliphatic heterocycles. The molecule has 20 heavy (non-hydrogen) atoms. The Morgan fingerprint density at radius 3 is 2.30 bits per heavy atom. The Morgan fingerprint density at radius 2 is 1.85 bits per heavy atom. The molecular weight excluding hydrogens is 270 g/mol. The third kappa shape index (κ3) is 2.14. The summed E-state index contributed by atoms with van der Waals surface area (Å²) in [6, 6.07) is 7.21. The summed E-state index contributed by atoms with van der Waals surface area (Å²) in [5.41, 5.74) is 2.00. The van der Waals surface area contributed by atoms with Crippen LogP contribution in [-0.4, -0.2) is 13.2 Å². The summed E-state index contributed by atoms with van der Waals surface area (Å²) in [6.07, 6.45) is 0.910. The van der Waals surface area contributed by atoms with Gasteiger partial charge in [-0.3, -0.25) is 0 Å². The first-order chi connectivity index (χ1) is 9.23. The quantitative estimate of drug-likeness (QED) is 0.857. The molecule has 108 valence electrons. The summed E-state index contributed by atoms with van der Waals surface area (Å²) < 4.78 is 24.3. The molecule has 0 saturated heterocycles. The lowest BCUT2D eigenvalue weighted by atomic mass is 9.69. The summed E-state index contributed by atoms with van der Waals surface area (Å²) in [5, 5.41) is 9.43. The molecule has 1 aliphatic rings. The predicted molar refractivity (Wildman–Crippen MR) is 79.0 cm³/mol. The molecule has 0 heterocycles. The fourth-order valence-corrected chi connectivity index (χ4v) is 4.75. The lowest BCUT2D eigenvalue weighted by Crippen LogP contribution is -2.50. The highest BCUT2D eigenvalue weighted by molar-refractivity contribution is 7.93. The fourth-order valence-electron chi connectivity index (χ4n) is 2.74. The van der Waals surface area contributed by atoms with Crippen molar-refractivity contribution in [1.82, 2.24) is 0 Å². The minimum atomic E-state index is -3.58. The predicted octanol–water partition coefficient (Wildman–Crippen LogP) is 3.41. The third-order valence-corrected chi connectivity index (χ3v) is 6.96. The van der Waals surface area contributed by atoms with Crippen molar-refractivity contribution in [2.45, 2.75) is 50.2 Å². The highest BCUT2D eigenvalue weighted by atomic mass is 32.2. The third-order valence-electron chi connectivity index (χ3n) is 4.63. The maximum Gasteiger partial charge on any atom is 0.197 e. The van der Waals surface area contributed by atoms with E-state index in [1.54, 1.807) is 12.1 Å². The van der Waals surface area contributed by atoms with Gasteiger partial charge in [-0.05, 0) is 61.8 Å². The van der Waals surface area contributed by atoms with Crippen molar-refractivity contribution in [1.29, 1.82) is 5.26 Å². The summed E-state index contributed by atoms with van der Waals surface area (Å²) in [7, 11) is -3.58.